The number of amides is 1. The van der Waals surface area contributed by atoms with Crippen LogP contribution in [0.5, 0.6) is 0 Å². The molecule has 2 heterocycles. The van der Waals surface area contributed by atoms with Crippen molar-refractivity contribution in [1.82, 2.24) is 9.62 Å². The van der Waals surface area contributed by atoms with Crippen LogP contribution in [0, 0.1) is 6.92 Å². The van der Waals surface area contributed by atoms with Gasteiger partial charge in [-0.2, -0.15) is 0 Å². The van der Waals surface area contributed by atoms with Gasteiger partial charge in [-0.3, -0.25) is 4.79 Å². The molecule has 1 atom stereocenters. The Bertz CT molecular complexity index is 1050. The lowest BCUT2D eigenvalue weighted by Crippen LogP contribution is -2.45. The van der Waals surface area contributed by atoms with Crippen LogP contribution in [-0.2, 0) is 21.2 Å². The molecule has 158 valence electrons. The van der Waals surface area contributed by atoms with Gasteiger partial charge in [-0.05, 0) is 43.0 Å². The number of hydrogen-bond acceptors (Lipinski definition) is 4. The van der Waals surface area contributed by atoms with Crippen molar-refractivity contribution in [2.45, 2.75) is 25.8 Å². The monoisotopic (exact) mass is 425 g/mol. The first-order chi connectivity index (χ1) is 14.4. The van der Waals surface area contributed by atoms with Crippen LogP contribution in [0.15, 0.2) is 53.9 Å². The van der Waals surface area contributed by atoms with Gasteiger partial charge < -0.3 is 9.80 Å². The van der Waals surface area contributed by atoms with Crippen molar-refractivity contribution in [2.75, 3.05) is 31.1 Å². The Kier molecular flexibility index (Phi) is 5.92. The van der Waals surface area contributed by atoms with E-state index in [2.05, 4.69) is 21.8 Å². The zero-order valence-electron chi connectivity index (χ0n) is 17.1. The number of nitrogens with one attached hydrogen (secondary N) is 1. The van der Waals surface area contributed by atoms with Crippen LogP contribution in [0.25, 0.3) is 6.08 Å². The average molecular weight is 426 g/mol. The lowest BCUT2D eigenvalue weighted by molar-refractivity contribution is -0.130. The van der Waals surface area contributed by atoms with Crippen LogP contribution < -0.4 is 9.62 Å². The first-order valence-electron chi connectivity index (χ1n) is 10.3. The summed E-state index contributed by atoms with van der Waals surface area (Å²) in [6, 6.07) is 16.2. The zero-order chi connectivity index (χ0) is 21.1. The topological polar surface area (TPSA) is 69.7 Å². The SMILES string of the molecule is Cc1ccc(/C=C/S(=O)(=O)NCC(=O)N2CCCN3c4ccccc4CC3C2)cc1. The molecule has 2 aromatic carbocycles. The number of benzene rings is 2. The summed E-state index contributed by atoms with van der Waals surface area (Å²) >= 11 is 0. The Hall–Kier alpha value is -2.64. The van der Waals surface area contributed by atoms with Gasteiger partial charge in [0, 0.05) is 30.7 Å². The second-order valence-electron chi connectivity index (χ2n) is 7.95. The lowest BCUT2D eigenvalue weighted by Gasteiger charge is -2.27. The smallest absolute Gasteiger partial charge is 0.237 e. The molecule has 0 radical (unpaired) electrons. The molecule has 30 heavy (non-hydrogen) atoms. The molecule has 0 aromatic heterocycles. The molecule has 1 unspecified atom stereocenters. The molecule has 0 aliphatic carbocycles. The van der Waals surface area contributed by atoms with E-state index in [0.717, 1.165) is 35.9 Å². The molecule has 4 rings (SSSR count). The first kappa shape index (κ1) is 20.6. The van der Waals surface area contributed by atoms with Crippen molar-refractivity contribution in [3.8, 4) is 0 Å². The van der Waals surface area contributed by atoms with E-state index in [-0.39, 0.29) is 18.5 Å². The Morgan fingerprint density at radius 1 is 1.13 bits per heavy atom. The quantitative estimate of drug-likeness (QED) is 0.799. The maximum Gasteiger partial charge on any atom is 0.237 e. The fraction of sp³-hybridized carbons (Fsp3) is 0.348. The summed E-state index contributed by atoms with van der Waals surface area (Å²) in [6.07, 6.45) is 3.33. The summed E-state index contributed by atoms with van der Waals surface area (Å²) < 4.78 is 27.0. The number of nitrogens with zero attached hydrogens (tertiary/aromatic N) is 2. The minimum absolute atomic E-state index is 0.180. The second-order valence-corrected chi connectivity index (χ2v) is 9.60. The minimum Gasteiger partial charge on any atom is -0.366 e. The van der Waals surface area contributed by atoms with Crippen molar-refractivity contribution in [1.29, 1.82) is 0 Å². The van der Waals surface area contributed by atoms with Gasteiger partial charge in [-0.1, -0.05) is 48.0 Å². The number of carbonyl (C=O) groups excluding carboxylic acids is 1. The van der Waals surface area contributed by atoms with Gasteiger partial charge in [0.1, 0.15) is 0 Å². The second kappa shape index (κ2) is 8.62. The van der Waals surface area contributed by atoms with Crippen molar-refractivity contribution < 1.29 is 13.2 Å². The molecule has 0 saturated carbocycles. The number of fused-ring (bicyclic) bond motifs is 3. The third-order valence-corrected chi connectivity index (χ3v) is 6.79. The molecule has 0 bridgehead atoms. The highest BCUT2D eigenvalue weighted by Crippen LogP contribution is 2.33. The Morgan fingerprint density at radius 2 is 1.90 bits per heavy atom. The van der Waals surface area contributed by atoms with Crippen LogP contribution >= 0.6 is 0 Å². The van der Waals surface area contributed by atoms with E-state index < -0.39 is 10.0 Å². The molecule has 2 aliphatic heterocycles. The molecule has 6 nitrogen and oxygen atoms in total. The number of para-hydroxylation sites is 1. The molecule has 2 aromatic rings. The number of rotatable bonds is 5. The van der Waals surface area contributed by atoms with Crippen LogP contribution in [0.1, 0.15) is 23.1 Å². The molecule has 1 N–H and O–H groups in total. The van der Waals surface area contributed by atoms with Gasteiger partial charge in [-0.15, -0.1) is 0 Å². The summed E-state index contributed by atoms with van der Waals surface area (Å²) in [7, 11) is -3.68. The van der Waals surface area contributed by atoms with Crippen molar-refractivity contribution >= 4 is 27.7 Å². The third kappa shape index (κ3) is 4.74. The normalized spacial score (nSPS) is 18.9. The first-order valence-corrected chi connectivity index (χ1v) is 11.8. The number of hydrogen-bond donors (Lipinski definition) is 1. The maximum absolute atomic E-state index is 12.7. The van der Waals surface area contributed by atoms with Crippen molar-refractivity contribution in [3.63, 3.8) is 0 Å². The Labute approximate surface area is 178 Å². The van der Waals surface area contributed by atoms with Crippen LogP contribution in [0.3, 0.4) is 0 Å². The Morgan fingerprint density at radius 3 is 2.70 bits per heavy atom. The van der Waals surface area contributed by atoms with E-state index in [9.17, 15) is 13.2 Å². The van der Waals surface area contributed by atoms with Crippen LogP contribution in [-0.4, -0.2) is 51.4 Å². The lowest BCUT2D eigenvalue weighted by atomic mass is 10.1. The van der Waals surface area contributed by atoms with E-state index >= 15 is 0 Å². The molecule has 7 heteroatoms. The van der Waals surface area contributed by atoms with E-state index in [0.29, 0.717) is 13.1 Å². The summed E-state index contributed by atoms with van der Waals surface area (Å²) in [5.74, 6) is -0.180. The molecule has 1 saturated heterocycles. The highest BCUT2D eigenvalue weighted by atomic mass is 32.2. The minimum atomic E-state index is -3.68. The fourth-order valence-electron chi connectivity index (χ4n) is 4.16. The summed E-state index contributed by atoms with van der Waals surface area (Å²) in [4.78, 5) is 16.9. The number of carbonyl (C=O) groups is 1. The van der Waals surface area contributed by atoms with E-state index in [4.69, 9.17) is 0 Å². The highest BCUT2D eigenvalue weighted by Gasteiger charge is 2.33. The van der Waals surface area contributed by atoms with Gasteiger partial charge in [0.2, 0.25) is 15.9 Å². The summed E-state index contributed by atoms with van der Waals surface area (Å²) in [5.41, 5.74) is 4.49. The Balaban J connectivity index is 1.34. The van der Waals surface area contributed by atoms with E-state index in [1.807, 2.05) is 43.3 Å². The fourth-order valence-corrected chi connectivity index (χ4v) is 4.92. The van der Waals surface area contributed by atoms with Crippen molar-refractivity contribution in [3.05, 3.63) is 70.6 Å². The van der Waals surface area contributed by atoms with Crippen molar-refractivity contribution in [2.24, 2.45) is 0 Å². The molecule has 1 amide bonds. The average Bonchev–Trinajstić information content (AvgIpc) is 2.94. The van der Waals surface area contributed by atoms with E-state index in [1.165, 1.54) is 17.3 Å². The molecule has 1 fully saturated rings. The summed E-state index contributed by atoms with van der Waals surface area (Å²) in [5, 5.41) is 1.11. The molecule has 2 aliphatic rings. The molecule has 0 spiro atoms. The molecular weight excluding hydrogens is 398 g/mol. The third-order valence-electron chi connectivity index (χ3n) is 5.75. The predicted molar refractivity (Wildman–Crippen MR) is 120 cm³/mol. The van der Waals surface area contributed by atoms with Gasteiger partial charge >= 0.3 is 0 Å². The van der Waals surface area contributed by atoms with E-state index in [1.54, 1.807) is 4.90 Å². The predicted octanol–water partition coefficient (Wildman–Crippen LogP) is 2.55. The van der Waals surface area contributed by atoms with Gasteiger partial charge in [-0.25, -0.2) is 13.1 Å². The summed E-state index contributed by atoms with van der Waals surface area (Å²) in [6.45, 7) is 3.93. The van der Waals surface area contributed by atoms with Gasteiger partial charge in [0.25, 0.3) is 0 Å². The largest absolute Gasteiger partial charge is 0.366 e. The van der Waals surface area contributed by atoms with Gasteiger partial charge in [0.05, 0.1) is 12.6 Å². The number of anilines is 1. The van der Waals surface area contributed by atoms with Crippen LogP contribution in [0.2, 0.25) is 0 Å². The van der Waals surface area contributed by atoms with Gasteiger partial charge in [0.15, 0.2) is 0 Å². The maximum atomic E-state index is 12.7. The zero-order valence-corrected chi connectivity index (χ0v) is 17.9. The highest BCUT2D eigenvalue weighted by molar-refractivity contribution is 7.92. The number of aryl methyl sites for hydroxylation is 1. The molecular formula is C23H27N3O3S. The van der Waals surface area contributed by atoms with Crippen LogP contribution in [0.4, 0.5) is 5.69 Å². The standard InChI is InChI=1S/C23H27N3O3S/c1-18-7-9-19(10-8-18)11-14-30(28,29)24-16-23(27)25-12-4-13-26-21(17-25)15-20-5-2-3-6-22(20)26/h2-3,5-11,14,21,24H,4,12-13,15-17H2,1H3/b14-11+. The number of sulfonamides is 1.